The molecule has 4 heteroatoms. The van der Waals surface area contributed by atoms with Gasteiger partial charge in [-0.2, -0.15) is 0 Å². The number of nitrogens with one attached hydrogen (secondary N) is 1. The lowest BCUT2D eigenvalue weighted by molar-refractivity contribution is 0.167. The van der Waals surface area contributed by atoms with E-state index >= 15 is 0 Å². The molecule has 0 saturated carbocycles. The van der Waals surface area contributed by atoms with Crippen molar-refractivity contribution in [2.75, 3.05) is 20.1 Å². The van der Waals surface area contributed by atoms with Crippen LogP contribution < -0.4 is 5.32 Å². The molecule has 3 N–H and O–H groups in total. The molecule has 1 aliphatic heterocycles. The number of rotatable bonds is 3. The summed E-state index contributed by atoms with van der Waals surface area (Å²) in [6.07, 6.45) is 1.11. The molecule has 4 nitrogen and oxygen atoms in total. The monoisotopic (exact) mass is 264 g/mol. The van der Waals surface area contributed by atoms with E-state index in [2.05, 4.69) is 24.2 Å². The third kappa shape index (κ3) is 3.39. The van der Waals surface area contributed by atoms with Crippen LogP contribution in [-0.4, -0.2) is 41.3 Å². The van der Waals surface area contributed by atoms with E-state index < -0.39 is 0 Å². The van der Waals surface area contributed by atoms with Crippen molar-refractivity contribution in [2.24, 2.45) is 5.92 Å². The predicted molar refractivity (Wildman–Crippen MR) is 76.4 cm³/mol. The van der Waals surface area contributed by atoms with Crippen molar-refractivity contribution in [3.8, 4) is 11.5 Å². The van der Waals surface area contributed by atoms with Crippen molar-refractivity contribution in [2.45, 2.75) is 32.4 Å². The highest BCUT2D eigenvalue weighted by atomic mass is 16.3. The average molecular weight is 264 g/mol. The van der Waals surface area contributed by atoms with Gasteiger partial charge < -0.3 is 20.4 Å². The van der Waals surface area contributed by atoms with Crippen molar-refractivity contribution in [1.29, 1.82) is 0 Å². The molecule has 0 aliphatic carbocycles. The zero-order valence-corrected chi connectivity index (χ0v) is 11.9. The largest absolute Gasteiger partial charge is 0.508 e. The Kier molecular flexibility index (Phi) is 4.32. The number of phenols is 2. The van der Waals surface area contributed by atoms with Crippen LogP contribution in [0.15, 0.2) is 18.2 Å². The standard InChI is InChI=1S/C15H24N2O2/c1-10-9-17(3)7-6-14(10)16-11(2)13-8-12(18)4-5-15(13)19/h4-5,8,10-11,14,16,18-19H,6-7,9H2,1-3H3. The normalized spacial score (nSPS) is 26.3. The molecular formula is C15H24N2O2. The van der Waals surface area contributed by atoms with Gasteiger partial charge in [0.15, 0.2) is 0 Å². The van der Waals surface area contributed by atoms with Gasteiger partial charge >= 0.3 is 0 Å². The third-order valence-corrected chi connectivity index (χ3v) is 4.05. The van der Waals surface area contributed by atoms with Crippen molar-refractivity contribution in [1.82, 2.24) is 10.2 Å². The Hall–Kier alpha value is -1.26. The number of benzene rings is 1. The molecule has 3 unspecified atom stereocenters. The van der Waals surface area contributed by atoms with E-state index in [9.17, 15) is 10.2 Å². The van der Waals surface area contributed by atoms with Gasteiger partial charge in [0.25, 0.3) is 0 Å². The Bertz CT molecular complexity index is 436. The zero-order chi connectivity index (χ0) is 14.0. The molecule has 106 valence electrons. The smallest absolute Gasteiger partial charge is 0.120 e. The van der Waals surface area contributed by atoms with Gasteiger partial charge in [-0.15, -0.1) is 0 Å². The van der Waals surface area contributed by atoms with Crippen LogP contribution in [0.3, 0.4) is 0 Å². The summed E-state index contributed by atoms with van der Waals surface area (Å²) in [4.78, 5) is 2.35. The highest BCUT2D eigenvalue weighted by molar-refractivity contribution is 5.40. The molecule has 19 heavy (non-hydrogen) atoms. The number of likely N-dealkylation sites (tertiary alicyclic amines) is 1. The van der Waals surface area contributed by atoms with Crippen LogP contribution >= 0.6 is 0 Å². The molecule has 3 atom stereocenters. The van der Waals surface area contributed by atoms with Gasteiger partial charge in [-0.25, -0.2) is 0 Å². The van der Waals surface area contributed by atoms with Crippen molar-refractivity contribution < 1.29 is 10.2 Å². The molecular weight excluding hydrogens is 240 g/mol. The van der Waals surface area contributed by atoms with Gasteiger partial charge in [-0.3, -0.25) is 0 Å². The van der Waals surface area contributed by atoms with Crippen LogP contribution in [-0.2, 0) is 0 Å². The lowest BCUT2D eigenvalue weighted by Gasteiger charge is -2.37. The average Bonchev–Trinajstić information content (AvgIpc) is 2.35. The second-order valence-electron chi connectivity index (χ2n) is 5.77. The minimum Gasteiger partial charge on any atom is -0.508 e. The minimum absolute atomic E-state index is 0.0305. The fourth-order valence-corrected chi connectivity index (χ4v) is 2.90. The molecule has 1 aromatic rings. The van der Waals surface area contributed by atoms with Gasteiger partial charge in [0, 0.05) is 24.2 Å². The summed E-state index contributed by atoms with van der Waals surface area (Å²) < 4.78 is 0. The maximum absolute atomic E-state index is 9.88. The minimum atomic E-state index is 0.0305. The molecule has 1 heterocycles. The van der Waals surface area contributed by atoms with E-state index in [4.69, 9.17) is 0 Å². The molecule has 0 bridgehead atoms. The molecule has 1 aromatic carbocycles. The lowest BCUT2D eigenvalue weighted by atomic mass is 9.92. The Labute approximate surface area is 115 Å². The summed E-state index contributed by atoms with van der Waals surface area (Å²) in [6.45, 7) is 6.47. The first-order valence-corrected chi connectivity index (χ1v) is 6.94. The Morgan fingerprint density at radius 3 is 2.79 bits per heavy atom. The summed E-state index contributed by atoms with van der Waals surface area (Å²) in [7, 11) is 2.15. The van der Waals surface area contributed by atoms with Crippen LogP contribution in [0.25, 0.3) is 0 Å². The first-order valence-electron chi connectivity index (χ1n) is 6.94. The van der Waals surface area contributed by atoms with Crippen LogP contribution in [0.1, 0.15) is 31.9 Å². The molecule has 1 aliphatic rings. The summed E-state index contributed by atoms with van der Waals surface area (Å²) >= 11 is 0. The van der Waals surface area contributed by atoms with E-state index in [-0.39, 0.29) is 17.5 Å². The summed E-state index contributed by atoms with van der Waals surface area (Å²) in [5, 5.41) is 23.0. The van der Waals surface area contributed by atoms with Gasteiger partial charge in [0.2, 0.25) is 0 Å². The summed E-state index contributed by atoms with van der Waals surface area (Å²) in [5.74, 6) is 1.01. The van der Waals surface area contributed by atoms with Crippen LogP contribution in [0.4, 0.5) is 0 Å². The Morgan fingerprint density at radius 2 is 2.11 bits per heavy atom. The van der Waals surface area contributed by atoms with Gasteiger partial charge in [-0.05, 0) is 51.1 Å². The first-order chi connectivity index (χ1) is 8.97. The second-order valence-corrected chi connectivity index (χ2v) is 5.77. The Morgan fingerprint density at radius 1 is 1.37 bits per heavy atom. The molecule has 2 rings (SSSR count). The van der Waals surface area contributed by atoms with Gasteiger partial charge in [0.05, 0.1) is 0 Å². The van der Waals surface area contributed by atoms with Gasteiger partial charge in [-0.1, -0.05) is 6.92 Å². The van der Waals surface area contributed by atoms with Gasteiger partial charge in [0.1, 0.15) is 11.5 Å². The maximum Gasteiger partial charge on any atom is 0.120 e. The third-order valence-electron chi connectivity index (χ3n) is 4.05. The van der Waals surface area contributed by atoms with Crippen molar-refractivity contribution in [3.63, 3.8) is 0 Å². The van der Waals surface area contributed by atoms with Crippen molar-refractivity contribution in [3.05, 3.63) is 23.8 Å². The summed E-state index contributed by atoms with van der Waals surface area (Å²) in [5.41, 5.74) is 0.756. The number of nitrogens with zero attached hydrogens (tertiary/aromatic N) is 1. The van der Waals surface area contributed by atoms with Crippen LogP contribution in [0.5, 0.6) is 11.5 Å². The van der Waals surface area contributed by atoms with Crippen LogP contribution in [0.2, 0.25) is 0 Å². The number of piperidine rings is 1. The molecule has 0 spiro atoms. The van der Waals surface area contributed by atoms with E-state index in [0.29, 0.717) is 12.0 Å². The lowest BCUT2D eigenvalue weighted by Crippen LogP contribution is -2.47. The predicted octanol–water partition coefficient (Wildman–Crippen LogP) is 2.09. The molecule has 1 saturated heterocycles. The fourth-order valence-electron chi connectivity index (χ4n) is 2.90. The molecule has 0 amide bonds. The highest BCUT2D eigenvalue weighted by Gasteiger charge is 2.26. The molecule has 0 radical (unpaired) electrons. The topological polar surface area (TPSA) is 55.7 Å². The second kappa shape index (κ2) is 5.80. The van der Waals surface area contributed by atoms with Crippen LogP contribution in [0, 0.1) is 5.92 Å². The van der Waals surface area contributed by atoms with E-state index in [1.807, 2.05) is 6.92 Å². The molecule has 1 fully saturated rings. The van der Waals surface area contributed by atoms with E-state index in [1.165, 1.54) is 6.07 Å². The van der Waals surface area contributed by atoms with E-state index in [0.717, 1.165) is 25.1 Å². The number of hydrogen-bond donors (Lipinski definition) is 3. The fraction of sp³-hybridized carbons (Fsp3) is 0.600. The number of aromatic hydroxyl groups is 2. The summed E-state index contributed by atoms with van der Waals surface area (Å²) in [6, 6.07) is 5.16. The van der Waals surface area contributed by atoms with Crippen molar-refractivity contribution >= 4 is 0 Å². The van der Waals surface area contributed by atoms with E-state index in [1.54, 1.807) is 12.1 Å². The number of hydrogen-bond acceptors (Lipinski definition) is 4. The zero-order valence-electron chi connectivity index (χ0n) is 11.9. The quantitative estimate of drug-likeness (QED) is 0.732. The maximum atomic E-state index is 9.88. The first kappa shape index (κ1) is 14.2. The Balaban J connectivity index is 2.04. The molecule has 0 aromatic heterocycles. The SMILES string of the molecule is CC(NC1CCN(C)CC1C)c1cc(O)ccc1O. The number of phenolic OH excluding ortho intramolecular Hbond substituents is 2. The highest BCUT2D eigenvalue weighted by Crippen LogP contribution is 2.29.